The van der Waals surface area contributed by atoms with Gasteiger partial charge in [-0.15, -0.1) is 0 Å². The number of rotatable bonds is 2. The highest BCUT2D eigenvalue weighted by Crippen LogP contribution is 2.32. The fourth-order valence-corrected chi connectivity index (χ4v) is 3.83. The Morgan fingerprint density at radius 3 is 2.26 bits per heavy atom. The molecule has 23 heavy (non-hydrogen) atoms. The highest BCUT2D eigenvalue weighted by atomic mass is 79.9. The Balaban J connectivity index is 2.15. The Hall–Kier alpha value is -1.24. The number of carbonyl (C=O) groups excluding carboxylic acids is 1. The third kappa shape index (κ3) is 4.40. The molecule has 2 N–H and O–H groups in total. The number of halogens is 2. The first-order valence-corrected chi connectivity index (χ1v) is 8.93. The van der Waals surface area contributed by atoms with Crippen LogP contribution in [0, 0.1) is 20.8 Å². The van der Waals surface area contributed by atoms with Crippen LogP contribution in [-0.4, -0.2) is 10.9 Å². The molecule has 0 unspecified atom stereocenters. The Kier molecular flexibility index (Phi) is 5.95. The van der Waals surface area contributed by atoms with E-state index in [9.17, 15) is 4.79 Å². The lowest BCUT2D eigenvalue weighted by atomic mass is 10.1. The molecule has 2 aromatic rings. The van der Waals surface area contributed by atoms with Crippen LogP contribution in [0.3, 0.4) is 0 Å². The van der Waals surface area contributed by atoms with Gasteiger partial charge in [-0.3, -0.25) is 4.79 Å². The molecule has 0 aliphatic heterocycles. The van der Waals surface area contributed by atoms with Crippen molar-refractivity contribution < 1.29 is 4.79 Å². The maximum absolute atomic E-state index is 12.3. The predicted molar refractivity (Wildman–Crippen MR) is 107 cm³/mol. The van der Waals surface area contributed by atoms with Gasteiger partial charge in [-0.05, 0) is 87.5 Å². The van der Waals surface area contributed by atoms with Crippen LogP contribution in [0.25, 0.3) is 0 Å². The minimum absolute atomic E-state index is 0.123. The summed E-state index contributed by atoms with van der Waals surface area (Å²) in [6.07, 6.45) is 0. The number of benzene rings is 2. The molecule has 3 nitrogen and oxygen atoms in total. The lowest BCUT2D eigenvalue weighted by Crippen LogP contribution is -2.28. The highest BCUT2D eigenvalue weighted by molar-refractivity contribution is 9.11. The van der Waals surface area contributed by atoms with Crippen molar-refractivity contribution in [2.45, 2.75) is 20.8 Å². The van der Waals surface area contributed by atoms with Gasteiger partial charge in [0.25, 0.3) is 5.91 Å². The van der Waals surface area contributed by atoms with E-state index in [-0.39, 0.29) is 10.9 Å². The maximum Gasteiger partial charge on any atom is 0.283 e. The molecule has 0 atom stereocenters. The summed E-state index contributed by atoms with van der Waals surface area (Å²) in [6.45, 7) is 5.99. The van der Waals surface area contributed by atoms with Crippen molar-refractivity contribution in [3.63, 3.8) is 0 Å². The summed E-state index contributed by atoms with van der Waals surface area (Å²) >= 11 is 12.1. The number of anilines is 2. The van der Waals surface area contributed by atoms with E-state index in [1.54, 1.807) is 0 Å². The van der Waals surface area contributed by atoms with Crippen LogP contribution in [0.2, 0.25) is 0 Å². The fraction of sp³-hybridized carbons (Fsp3) is 0.176. The zero-order chi connectivity index (χ0) is 17.1. The minimum Gasteiger partial charge on any atom is -0.342 e. The average molecular weight is 456 g/mol. The molecule has 2 rings (SSSR count). The summed E-state index contributed by atoms with van der Waals surface area (Å²) in [6, 6.07) is 9.71. The smallest absolute Gasteiger partial charge is 0.283 e. The van der Waals surface area contributed by atoms with E-state index >= 15 is 0 Å². The van der Waals surface area contributed by atoms with E-state index in [2.05, 4.69) is 42.5 Å². The van der Waals surface area contributed by atoms with Gasteiger partial charge in [-0.2, -0.15) is 0 Å². The number of hydrogen-bond acceptors (Lipinski definition) is 2. The number of amides is 1. The minimum atomic E-state index is -0.355. The zero-order valence-corrected chi connectivity index (χ0v) is 16.9. The number of hydrogen-bond donors (Lipinski definition) is 2. The lowest BCUT2D eigenvalue weighted by Gasteiger charge is -2.14. The third-order valence-electron chi connectivity index (χ3n) is 3.48. The van der Waals surface area contributed by atoms with Gasteiger partial charge >= 0.3 is 0 Å². The topological polar surface area (TPSA) is 41.1 Å². The molecule has 6 heteroatoms. The first kappa shape index (κ1) is 18.1. The molecule has 0 saturated carbocycles. The van der Waals surface area contributed by atoms with Gasteiger partial charge in [0, 0.05) is 14.6 Å². The average Bonchev–Trinajstić information content (AvgIpc) is 2.47. The number of nitrogens with one attached hydrogen (secondary N) is 2. The monoisotopic (exact) mass is 454 g/mol. The van der Waals surface area contributed by atoms with Crippen molar-refractivity contribution in [2.75, 3.05) is 10.6 Å². The van der Waals surface area contributed by atoms with Gasteiger partial charge in [0.15, 0.2) is 4.99 Å². The van der Waals surface area contributed by atoms with Gasteiger partial charge in [-0.1, -0.05) is 24.4 Å². The number of thiocarbonyl (C=S) groups is 1. The van der Waals surface area contributed by atoms with Gasteiger partial charge in [0.05, 0.1) is 5.69 Å². The van der Waals surface area contributed by atoms with Crippen molar-refractivity contribution in [3.05, 3.63) is 56.0 Å². The molecule has 2 aromatic carbocycles. The Labute approximate surface area is 158 Å². The number of aryl methyl sites for hydroxylation is 2. The van der Waals surface area contributed by atoms with E-state index < -0.39 is 0 Å². The van der Waals surface area contributed by atoms with Crippen molar-refractivity contribution in [1.82, 2.24) is 0 Å². The van der Waals surface area contributed by atoms with Crippen molar-refractivity contribution in [1.29, 1.82) is 0 Å². The lowest BCUT2D eigenvalue weighted by molar-refractivity contribution is -0.110. The molecule has 0 bridgehead atoms. The normalized spacial score (nSPS) is 10.3. The van der Waals surface area contributed by atoms with E-state index in [1.165, 1.54) is 0 Å². The summed E-state index contributed by atoms with van der Waals surface area (Å²) in [5.74, 6) is -0.355. The Bertz CT molecular complexity index is 767. The van der Waals surface area contributed by atoms with Crippen molar-refractivity contribution in [2.24, 2.45) is 0 Å². The van der Waals surface area contributed by atoms with E-state index in [4.69, 9.17) is 12.2 Å². The predicted octanol–water partition coefficient (Wildman–Crippen LogP) is 5.51. The van der Waals surface area contributed by atoms with Crippen LogP contribution >= 0.6 is 44.1 Å². The Morgan fingerprint density at radius 1 is 1.04 bits per heavy atom. The second kappa shape index (κ2) is 7.55. The van der Waals surface area contributed by atoms with Crippen molar-refractivity contribution in [3.8, 4) is 0 Å². The molecule has 0 saturated heterocycles. The quantitative estimate of drug-likeness (QED) is 0.586. The molecule has 0 aliphatic carbocycles. The van der Waals surface area contributed by atoms with Crippen molar-refractivity contribution >= 4 is 66.3 Å². The summed E-state index contributed by atoms with van der Waals surface area (Å²) in [7, 11) is 0. The summed E-state index contributed by atoms with van der Waals surface area (Å²) in [5.41, 5.74) is 4.79. The fourth-order valence-electron chi connectivity index (χ4n) is 2.06. The molecule has 0 fully saturated rings. The van der Waals surface area contributed by atoms with E-state index in [0.29, 0.717) is 5.69 Å². The first-order chi connectivity index (χ1) is 10.8. The van der Waals surface area contributed by atoms with Crippen LogP contribution in [0.1, 0.15) is 16.7 Å². The van der Waals surface area contributed by atoms with Crippen LogP contribution in [0.15, 0.2) is 39.3 Å². The highest BCUT2D eigenvalue weighted by Gasteiger charge is 2.15. The Morgan fingerprint density at radius 2 is 1.65 bits per heavy atom. The van der Waals surface area contributed by atoms with E-state index in [1.807, 2.05) is 51.1 Å². The molecule has 0 aromatic heterocycles. The summed E-state index contributed by atoms with van der Waals surface area (Å²) in [5, 5.41) is 5.83. The first-order valence-electron chi connectivity index (χ1n) is 6.93. The molecular formula is C17H16Br2N2OS. The SMILES string of the molecule is Cc1cc(Br)c(NC(=O)C(=S)Nc2cccc(C)c2C)c(Br)c1. The van der Waals surface area contributed by atoms with Gasteiger partial charge in [-0.25, -0.2) is 0 Å². The van der Waals surface area contributed by atoms with Gasteiger partial charge in [0.2, 0.25) is 0 Å². The molecule has 1 amide bonds. The second-order valence-corrected chi connectivity index (χ2v) is 7.38. The molecular weight excluding hydrogens is 440 g/mol. The molecule has 120 valence electrons. The van der Waals surface area contributed by atoms with Crippen LogP contribution < -0.4 is 10.6 Å². The standard InChI is InChI=1S/C17H16Br2N2OS/c1-9-7-12(18)15(13(19)8-9)21-16(22)17(23)20-14-6-4-5-10(2)11(14)3/h4-8H,1-3H3,(H,20,23)(H,21,22). The maximum atomic E-state index is 12.3. The summed E-state index contributed by atoms with van der Waals surface area (Å²) in [4.78, 5) is 12.5. The van der Waals surface area contributed by atoms with Crippen LogP contribution in [-0.2, 0) is 4.79 Å². The molecule has 0 radical (unpaired) electrons. The number of carbonyl (C=O) groups is 1. The molecule has 0 spiro atoms. The zero-order valence-electron chi connectivity index (χ0n) is 13.0. The second-order valence-electron chi connectivity index (χ2n) is 5.26. The largest absolute Gasteiger partial charge is 0.342 e. The van der Waals surface area contributed by atoms with Gasteiger partial charge in [0.1, 0.15) is 0 Å². The third-order valence-corrected chi connectivity index (χ3v) is 5.02. The summed E-state index contributed by atoms with van der Waals surface area (Å²) < 4.78 is 1.60. The molecule has 0 aliphatic rings. The van der Waals surface area contributed by atoms with Gasteiger partial charge < -0.3 is 10.6 Å². The van der Waals surface area contributed by atoms with Crippen LogP contribution in [0.4, 0.5) is 11.4 Å². The molecule has 0 heterocycles. The van der Waals surface area contributed by atoms with E-state index in [0.717, 1.165) is 31.3 Å². The van der Waals surface area contributed by atoms with Crippen LogP contribution in [0.5, 0.6) is 0 Å².